The van der Waals surface area contributed by atoms with E-state index in [9.17, 15) is 0 Å². The Hall–Kier alpha value is -2.33. The molecule has 1 aromatic heterocycles. The summed E-state index contributed by atoms with van der Waals surface area (Å²) in [6, 6.07) is 15.2. The SMILES string of the molecule is CCc1ccc2[nH]c3c(c2c1)CCN(C=S)C3c1ccc(OC)cc1. The van der Waals surface area contributed by atoms with Crippen molar-refractivity contribution in [2.24, 2.45) is 0 Å². The van der Waals surface area contributed by atoms with Crippen molar-refractivity contribution in [3.8, 4) is 5.75 Å². The molecule has 1 aliphatic heterocycles. The van der Waals surface area contributed by atoms with Crippen LogP contribution >= 0.6 is 12.2 Å². The van der Waals surface area contributed by atoms with Crippen LogP contribution in [0.1, 0.15) is 35.3 Å². The fourth-order valence-corrected chi connectivity index (χ4v) is 4.06. The predicted octanol–water partition coefficient (Wildman–Crippen LogP) is 4.64. The molecule has 0 saturated heterocycles. The van der Waals surface area contributed by atoms with E-state index in [2.05, 4.69) is 47.1 Å². The molecular weight excluding hydrogens is 328 g/mol. The number of benzene rings is 2. The lowest BCUT2D eigenvalue weighted by Gasteiger charge is -2.34. The van der Waals surface area contributed by atoms with Crippen molar-refractivity contribution in [1.29, 1.82) is 0 Å². The molecule has 0 radical (unpaired) electrons. The Bertz CT molecular complexity index is 914. The zero-order valence-electron chi connectivity index (χ0n) is 14.6. The molecule has 1 N–H and O–H groups in total. The minimum Gasteiger partial charge on any atom is -0.497 e. The molecule has 128 valence electrons. The third-order valence-electron chi connectivity index (χ3n) is 5.20. The molecule has 1 unspecified atom stereocenters. The number of nitrogens with zero attached hydrogens (tertiary/aromatic N) is 1. The molecule has 4 rings (SSSR count). The molecule has 3 aromatic rings. The summed E-state index contributed by atoms with van der Waals surface area (Å²) in [5.41, 5.74) is 8.31. The van der Waals surface area contributed by atoms with E-state index in [0.29, 0.717) is 0 Å². The number of hydrogen-bond acceptors (Lipinski definition) is 2. The summed E-state index contributed by atoms with van der Waals surface area (Å²) in [7, 11) is 1.69. The molecule has 25 heavy (non-hydrogen) atoms. The van der Waals surface area contributed by atoms with E-state index in [1.54, 1.807) is 12.6 Å². The van der Waals surface area contributed by atoms with E-state index < -0.39 is 0 Å². The molecule has 3 nitrogen and oxygen atoms in total. The highest BCUT2D eigenvalue weighted by molar-refractivity contribution is 7.78. The van der Waals surface area contributed by atoms with Gasteiger partial charge in [-0.05, 0) is 53.8 Å². The number of aromatic nitrogens is 1. The maximum atomic E-state index is 5.31. The van der Waals surface area contributed by atoms with E-state index in [-0.39, 0.29) is 6.04 Å². The highest BCUT2D eigenvalue weighted by Crippen LogP contribution is 2.38. The van der Waals surface area contributed by atoms with Gasteiger partial charge in [-0.1, -0.05) is 37.3 Å². The first-order valence-electron chi connectivity index (χ1n) is 8.73. The molecular formula is C21H22N2OS. The number of methoxy groups -OCH3 is 1. The number of aromatic amines is 1. The zero-order chi connectivity index (χ0) is 17.4. The summed E-state index contributed by atoms with van der Waals surface area (Å²) in [5.74, 6) is 0.873. The van der Waals surface area contributed by atoms with Crippen molar-refractivity contribution < 1.29 is 4.74 Å². The number of aryl methyl sites for hydroxylation is 1. The largest absolute Gasteiger partial charge is 0.497 e. The van der Waals surface area contributed by atoms with Crippen molar-refractivity contribution in [2.45, 2.75) is 25.8 Å². The van der Waals surface area contributed by atoms with E-state index >= 15 is 0 Å². The van der Waals surface area contributed by atoms with Gasteiger partial charge in [-0.25, -0.2) is 0 Å². The van der Waals surface area contributed by atoms with Gasteiger partial charge >= 0.3 is 0 Å². The second-order valence-corrected chi connectivity index (χ2v) is 6.73. The smallest absolute Gasteiger partial charge is 0.118 e. The number of nitrogens with one attached hydrogen (secondary N) is 1. The highest BCUT2D eigenvalue weighted by atomic mass is 32.1. The molecule has 0 amide bonds. The lowest BCUT2D eigenvalue weighted by atomic mass is 9.92. The summed E-state index contributed by atoms with van der Waals surface area (Å²) >= 11 is 5.31. The first-order valence-corrected chi connectivity index (χ1v) is 9.20. The van der Waals surface area contributed by atoms with Crippen LogP contribution in [-0.4, -0.2) is 29.0 Å². The first-order chi connectivity index (χ1) is 12.2. The number of thiocarbonyl (C=S) groups is 1. The van der Waals surface area contributed by atoms with Gasteiger partial charge in [0.1, 0.15) is 5.75 Å². The number of hydrogen-bond donors (Lipinski definition) is 1. The maximum absolute atomic E-state index is 5.31. The maximum Gasteiger partial charge on any atom is 0.118 e. The molecule has 0 spiro atoms. The molecule has 2 aromatic carbocycles. The fraction of sp³-hybridized carbons (Fsp3) is 0.286. The molecule has 0 aliphatic carbocycles. The van der Waals surface area contributed by atoms with Crippen molar-refractivity contribution in [2.75, 3.05) is 13.7 Å². The summed E-state index contributed by atoms with van der Waals surface area (Å²) in [6.07, 6.45) is 2.08. The van der Waals surface area contributed by atoms with Crippen LogP contribution in [0, 0.1) is 0 Å². The van der Waals surface area contributed by atoms with Crippen molar-refractivity contribution in [3.05, 3.63) is 64.8 Å². The zero-order valence-corrected chi connectivity index (χ0v) is 15.4. The van der Waals surface area contributed by atoms with Gasteiger partial charge in [0, 0.05) is 23.1 Å². The Kier molecular flexibility index (Phi) is 4.22. The second-order valence-electron chi connectivity index (χ2n) is 6.52. The minimum atomic E-state index is 0.129. The van der Waals surface area contributed by atoms with Gasteiger partial charge in [0.2, 0.25) is 0 Å². The van der Waals surface area contributed by atoms with Gasteiger partial charge in [0.15, 0.2) is 0 Å². The highest BCUT2D eigenvalue weighted by Gasteiger charge is 2.30. The molecule has 0 fully saturated rings. The van der Waals surface area contributed by atoms with Gasteiger partial charge in [-0.2, -0.15) is 0 Å². The molecule has 1 aliphatic rings. The summed E-state index contributed by atoms with van der Waals surface area (Å²) in [5, 5.41) is 1.36. The average Bonchev–Trinajstić information content (AvgIpc) is 3.04. The lowest BCUT2D eigenvalue weighted by Crippen LogP contribution is -2.34. The first kappa shape index (κ1) is 16.2. The van der Waals surface area contributed by atoms with Gasteiger partial charge in [-0.3, -0.25) is 0 Å². The van der Waals surface area contributed by atoms with Crippen LogP contribution in [-0.2, 0) is 12.8 Å². The normalized spacial score (nSPS) is 16.7. The topological polar surface area (TPSA) is 28.3 Å². The number of H-pyrrole nitrogens is 1. The van der Waals surface area contributed by atoms with E-state index in [1.165, 1.54) is 33.3 Å². The van der Waals surface area contributed by atoms with Crippen molar-refractivity contribution >= 4 is 28.6 Å². The van der Waals surface area contributed by atoms with Gasteiger partial charge in [-0.15, -0.1) is 0 Å². The van der Waals surface area contributed by atoms with Crippen LogP contribution in [0.25, 0.3) is 10.9 Å². The van der Waals surface area contributed by atoms with E-state index in [0.717, 1.165) is 25.1 Å². The Balaban J connectivity index is 1.86. The Labute approximate surface area is 153 Å². The molecule has 4 heteroatoms. The lowest BCUT2D eigenvalue weighted by molar-refractivity contribution is 0.349. The molecule has 0 bridgehead atoms. The monoisotopic (exact) mass is 350 g/mol. The quantitative estimate of drug-likeness (QED) is 0.695. The predicted molar refractivity (Wildman–Crippen MR) is 107 cm³/mol. The Morgan fingerprint density at radius 3 is 2.72 bits per heavy atom. The third-order valence-corrected chi connectivity index (χ3v) is 5.47. The van der Waals surface area contributed by atoms with Crippen LogP contribution in [0.15, 0.2) is 42.5 Å². The summed E-state index contributed by atoms with van der Waals surface area (Å²) < 4.78 is 5.30. The van der Waals surface area contributed by atoms with Crippen LogP contribution in [0.5, 0.6) is 5.75 Å². The van der Waals surface area contributed by atoms with Gasteiger partial charge < -0.3 is 14.6 Å². The molecule has 0 saturated carbocycles. The number of ether oxygens (including phenoxy) is 1. The molecule has 1 atom stereocenters. The minimum absolute atomic E-state index is 0.129. The second kappa shape index (κ2) is 6.52. The van der Waals surface area contributed by atoms with Crippen molar-refractivity contribution in [3.63, 3.8) is 0 Å². The fourth-order valence-electron chi connectivity index (χ4n) is 3.83. The summed E-state index contributed by atoms with van der Waals surface area (Å²) in [4.78, 5) is 5.92. The van der Waals surface area contributed by atoms with Crippen LogP contribution in [0.2, 0.25) is 0 Å². The van der Waals surface area contributed by atoms with Crippen molar-refractivity contribution in [1.82, 2.24) is 9.88 Å². The van der Waals surface area contributed by atoms with Crippen LogP contribution < -0.4 is 4.74 Å². The number of fused-ring (bicyclic) bond motifs is 3. The standard InChI is InChI=1S/C21H22N2OS/c1-3-14-4-9-19-18(12-14)17-10-11-23(13-25)21(20(17)22-19)15-5-7-16(24-2)8-6-15/h4-9,12-13,21-22H,3,10-11H2,1-2H3. The van der Waals surface area contributed by atoms with Crippen LogP contribution in [0.3, 0.4) is 0 Å². The number of rotatable bonds is 4. The third kappa shape index (κ3) is 2.71. The average molecular weight is 350 g/mol. The van der Waals surface area contributed by atoms with Crippen LogP contribution in [0.4, 0.5) is 0 Å². The molecule has 2 heterocycles. The summed E-state index contributed by atoms with van der Waals surface area (Å²) in [6.45, 7) is 3.14. The van der Waals surface area contributed by atoms with E-state index in [4.69, 9.17) is 17.0 Å². The van der Waals surface area contributed by atoms with Gasteiger partial charge in [0.05, 0.1) is 18.6 Å². The van der Waals surface area contributed by atoms with Gasteiger partial charge in [0.25, 0.3) is 0 Å². The Morgan fingerprint density at radius 2 is 2.04 bits per heavy atom. The Morgan fingerprint density at radius 1 is 1.24 bits per heavy atom. The van der Waals surface area contributed by atoms with E-state index in [1.807, 2.05) is 12.1 Å².